The Morgan fingerprint density at radius 1 is 0.352 bits per heavy atom. The third-order valence-electron chi connectivity index (χ3n) is 16.4. The van der Waals surface area contributed by atoms with Gasteiger partial charge in [-0.1, -0.05) is 75.7 Å². The van der Waals surface area contributed by atoms with E-state index in [2.05, 4.69) is 74.1 Å². The Morgan fingerprint density at radius 3 is 0.990 bits per heavy atom. The van der Waals surface area contributed by atoms with Gasteiger partial charge in [-0.25, -0.2) is 4.79 Å². The van der Waals surface area contributed by atoms with Crippen molar-refractivity contribution in [2.45, 2.75) is 252 Å². The van der Waals surface area contributed by atoms with Crippen LogP contribution >= 0.6 is 0 Å². The molecular weight excluding hydrogens is 1390 g/mol. The summed E-state index contributed by atoms with van der Waals surface area (Å²) in [6.07, 6.45) is -6.43. The average Bonchev–Trinajstić information content (AvgIpc) is 0.850. The molecule has 27 N–H and O–H groups in total. The molecule has 0 aliphatic carbocycles. The van der Waals surface area contributed by atoms with Gasteiger partial charge in [0.25, 0.3) is 0 Å². The minimum absolute atomic E-state index is 0.0268. The molecule has 0 unspecified atom stereocenters. The van der Waals surface area contributed by atoms with Crippen LogP contribution in [0.4, 0.5) is 0 Å². The van der Waals surface area contributed by atoms with E-state index in [9.17, 15) is 112 Å². The van der Waals surface area contributed by atoms with Crippen molar-refractivity contribution in [2.24, 2.45) is 57.5 Å². The number of carboxylic acid groups (broad SMARTS) is 3. The fourth-order valence-corrected chi connectivity index (χ4v) is 9.68. The molecule has 0 spiro atoms. The molecule has 41 nitrogen and oxygen atoms in total. The molecule has 0 saturated heterocycles. The van der Waals surface area contributed by atoms with E-state index in [4.69, 9.17) is 22.9 Å². The summed E-state index contributed by atoms with van der Waals surface area (Å²) in [5.41, 5.74) is 22.1. The monoisotopic (exact) mass is 1500 g/mol. The molecule has 596 valence electrons. The third kappa shape index (κ3) is 34.5. The number of carbonyl (C=O) groups is 17. The first-order chi connectivity index (χ1) is 48.6. The summed E-state index contributed by atoms with van der Waals surface area (Å²) in [7, 11) is 0. The van der Waals surface area contributed by atoms with Crippen LogP contribution in [0.3, 0.4) is 0 Å². The van der Waals surface area contributed by atoms with Crippen molar-refractivity contribution in [2.75, 3.05) is 13.2 Å². The highest BCUT2D eigenvalue weighted by Crippen LogP contribution is 2.15. The van der Waals surface area contributed by atoms with Crippen LogP contribution in [0.1, 0.15) is 155 Å². The molecule has 0 bridgehead atoms. The molecule has 0 heterocycles. The Labute approximate surface area is 608 Å². The zero-order valence-corrected chi connectivity index (χ0v) is 61.8. The molecule has 0 saturated carbocycles. The highest BCUT2D eigenvalue weighted by atomic mass is 16.4. The summed E-state index contributed by atoms with van der Waals surface area (Å²) in [6.45, 7) is 18.8. The van der Waals surface area contributed by atoms with Gasteiger partial charge in [0.15, 0.2) is 12.0 Å². The summed E-state index contributed by atoms with van der Waals surface area (Å²) in [6, 6.07) is -22.1. The maximum absolute atomic E-state index is 14.4. The molecule has 0 fully saturated rings. The number of rotatable bonds is 49. The standard InChI is InChI=1S/C64H112N18O23/c1-15-30(10)48(81-51(92)32(12)70-56(97)39(25-83)76-59(100)45(27(4)5)78-55(96)38(20-23-42(89)90)73-52(93)37(19-22-41(87)88)72-50(91)31(11)71-57(98)43(66)33(13)84)62(103)74-35(17-16-24-69-64(67)68)53(94)77-44(26(2)3)58(99)75-36(18-21-40(65)86)54(95)79-46(28(6)7)60(101)80-47(29(8)9)61(102)82-49(34(14)85)63(104)105/h26-39,43-49,83-85H,15-25,66H2,1-14H3,(H2,65,86)(H,70,97)(H,71,98)(H,72,91)(H,73,93)(H,74,103)(H,75,99)(H,76,100)(H,77,94)(H,78,96)(H,79,95)(H,80,101)(H,81,92)(H,82,102)(H,87,88)(H,89,90)(H,104,105)(H4,67,68,69)/t30-,31-,32-,33+,34+,35-,36-,37-,38-,39-,43-,44-,45-,46-,47-,48-,49-/m0/s1. The van der Waals surface area contributed by atoms with E-state index in [0.29, 0.717) is 0 Å². The molecule has 0 aromatic rings. The van der Waals surface area contributed by atoms with Crippen LogP contribution in [-0.4, -0.2) is 247 Å². The van der Waals surface area contributed by atoms with Gasteiger partial charge in [0, 0.05) is 25.8 Å². The van der Waals surface area contributed by atoms with Crippen molar-refractivity contribution in [1.29, 1.82) is 0 Å². The molecule has 41 heteroatoms. The minimum Gasteiger partial charge on any atom is -0.481 e. The predicted octanol–water partition coefficient (Wildman–Crippen LogP) is -7.79. The van der Waals surface area contributed by atoms with Crippen molar-refractivity contribution in [3.63, 3.8) is 0 Å². The smallest absolute Gasteiger partial charge is 0.328 e. The van der Waals surface area contributed by atoms with E-state index in [0.717, 1.165) is 6.92 Å². The number of hydrogen-bond acceptors (Lipinski definition) is 22. The lowest BCUT2D eigenvalue weighted by molar-refractivity contribution is -0.145. The number of guanidine groups is 1. The van der Waals surface area contributed by atoms with E-state index < -0.39 is 272 Å². The number of aliphatic hydroxyl groups excluding tert-OH is 3. The van der Waals surface area contributed by atoms with Gasteiger partial charge in [-0.05, 0) is 89.4 Å². The molecule has 0 aliphatic rings. The number of aliphatic hydroxyl groups is 3. The lowest BCUT2D eigenvalue weighted by atomic mass is 9.96. The SMILES string of the molecule is CC[C@H](C)[C@H](NC(=O)[C@H](C)NC(=O)[C@H](CO)NC(=O)[C@@H](NC(=O)[C@H](CCC(=O)O)NC(=O)[C@H](CCC(=O)O)NC(=O)[C@H](C)NC(=O)[C@@H](N)[C@@H](C)O)C(C)C)C(=O)N[C@@H](CCCN=C(N)N)C(=O)N[C@H](C(=O)N[C@@H](CCC(N)=O)C(=O)N[C@H](C(=O)N[C@H](C(=O)N[C@H](C(=O)O)[C@@H](C)O)C(C)C)C(C)C)C(C)C. The first-order valence-corrected chi connectivity index (χ1v) is 34.3. The van der Waals surface area contributed by atoms with Crippen LogP contribution in [0.2, 0.25) is 0 Å². The molecule has 105 heavy (non-hydrogen) atoms. The number of primary amides is 1. The van der Waals surface area contributed by atoms with E-state index in [1.54, 1.807) is 13.8 Å². The third-order valence-corrected chi connectivity index (χ3v) is 16.4. The molecule has 14 amide bonds. The molecule has 0 rings (SSSR count). The second-order valence-electron chi connectivity index (χ2n) is 26.9. The van der Waals surface area contributed by atoms with Gasteiger partial charge in [-0.3, -0.25) is 81.7 Å². The number of carboxylic acids is 3. The zero-order chi connectivity index (χ0) is 81.2. The Bertz CT molecular complexity index is 3050. The quantitative estimate of drug-likeness (QED) is 0.0153. The number of hydrogen-bond donors (Lipinski definition) is 23. The number of nitrogens with one attached hydrogen (secondary N) is 13. The Hall–Kier alpha value is -9.90. The summed E-state index contributed by atoms with van der Waals surface area (Å²) < 4.78 is 0. The van der Waals surface area contributed by atoms with Crippen LogP contribution in [0.5, 0.6) is 0 Å². The molecule has 0 aromatic heterocycles. The van der Waals surface area contributed by atoms with Crippen LogP contribution in [-0.2, 0) is 81.5 Å². The maximum atomic E-state index is 14.4. The molecule has 0 aliphatic heterocycles. The van der Waals surface area contributed by atoms with Crippen molar-refractivity contribution in [3.05, 3.63) is 0 Å². The summed E-state index contributed by atoms with van der Waals surface area (Å²) in [5, 5.41) is 89.5. The fraction of sp³-hybridized carbons (Fsp3) is 0.719. The van der Waals surface area contributed by atoms with Crippen LogP contribution in [0.25, 0.3) is 0 Å². The van der Waals surface area contributed by atoms with Crippen molar-refractivity contribution in [3.8, 4) is 0 Å². The van der Waals surface area contributed by atoms with Gasteiger partial charge in [0.2, 0.25) is 82.7 Å². The van der Waals surface area contributed by atoms with Crippen LogP contribution < -0.4 is 92.1 Å². The van der Waals surface area contributed by atoms with Crippen LogP contribution in [0, 0.1) is 29.6 Å². The zero-order valence-electron chi connectivity index (χ0n) is 61.8. The van der Waals surface area contributed by atoms with Crippen molar-refractivity contribution >= 4 is 107 Å². The lowest BCUT2D eigenvalue weighted by Gasteiger charge is -2.31. The normalized spacial score (nSPS) is 16.1. The predicted molar refractivity (Wildman–Crippen MR) is 373 cm³/mol. The van der Waals surface area contributed by atoms with Gasteiger partial charge >= 0.3 is 17.9 Å². The molecule has 17 atom stereocenters. The number of nitrogens with zero attached hydrogens (tertiary/aromatic N) is 1. The summed E-state index contributed by atoms with van der Waals surface area (Å²) >= 11 is 0. The van der Waals surface area contributed by atoms with Gasteiger partial charge in [-0.2, -0.15) is 0 Å². The number of aliphatic imine (C=N–C) groups is 1. The van der Waals surface area contributed by atoms with Gasteiger partial charge in [-0.15, -0.1) is 0 Å². The number of nitrogens with two attached hydrogens (primary N) is 4. The first kappa shape index (κ1) is 95.1. The van der Waals surface area contributed by atoms with E-state index in [1.807, 2.05) is 0 Å². The number of amides is 14. The van der Waals surface area contributed by atoms with Gasteiger partial charge < -0.3 is 123 Å². The summed E-state index contributed by atoms with van der Waals surface area (Å²) in [5.74, 6) is -22.8. The first-order valence-electron chi connectivity index (χ1n) is 34.3. The number of aliphatic carboxylic acids is 3. The highest BCUT2D eigenvalue weighted by Gasteiger charge is 2.40. The second kappa shape index (κ2) is 46.7. The molecule has 0 radical (unpaired) electrons. The fourth-order valence-electron chi connectivity index (χ4n) is 9.68. The van der Waals surface area contributed by atoms with E-state index in [1.165, 1.54) is 76.2 Å². The maximum Gasteiger partial charge on any atom is 0.328 e. The van der Waals surface area contributed by atoms with Crippen LogP contribution in [0.15, 0.2) is 4.99 Å². The minimum atomic E-state index is -1.85. The Balaban J connectivity index is 6.83. The largest absolute Gasteiger partial charge is 0.481 e. The lowest BCUT2D eigenvalue weighted by Crippen LogP contribution is -2.62. The topological polar surface area (TPSA) is 684 Å². The van der Waals surface area contributed by atoms with Gasteiger partial charge in [0.1, 0.15) is 78.5 Å². The number of carbonyl (C=O) groups excluding carboxylic acids is 14. The second-order valence-corrected chi connectivity index (χ2v) is 26.9. The van der Waals surface area contributed by atoms with E-state index in [-0.39, 0.29) is 31.8 Å². The average molecular weight is 1500 g/mol. The van der Waals surface area contributed by atoms with Gasteiger partial charge in [0.05, 0.1) is 18.8 Å². The van der Waals surface area contributed by atoms with E-state index >= 15 is 0 Å². The Morgan fingerprint density at radius 2 is 0.648 bits per heavy atom. The Kier molecular flexibility index (Phi) is 42.3. The van der Waals surface area contributed by atoms with Crippen molar-refractivity contribution < 1.29 is 112 Å². The molecule has 0 aromatic carbocycles. The molecular formula is C64H112N18O23. The highest BCUT2D eigenvalue weighted by molar-refractivity contribution is 6.00. The summed E-state index contributed by atoms with van der Waals surface area (Å²) in [4.78, 5) is 230. The van der Waals surface area contributed by atoms with Crippen molar-refractivity contribution in [1.82, 2.24) is 69.1 Å².